The molecule has 1 unspecified atom stereocenters. The van der Waals surface area contributed by atoms with Crippen LogP contribution in [0.3, 0.4) is 0 Å². The number of hydrogen-bond donors (Lipinski definition) is 2. The predicted octanol–water partition coefficient (Wildman–Crippen LogP) is 2.95. The molecule has 1 amide bonds. The topological polar surface area (TPSA) is 84.3 Å². The highest BCUT2D eigenvalue weighted by Gasteiger charge is 2.30. The molecule has 6 heteroatoms. The monoisotopic (exact) mass is 291 g/mol. The number of nitrogens with one attached hydrogen (secondary N) is 2. The normalized spacial score (nSPS) is 15.3. The maximum atomic E-state index is 12.3. The molecule has 0 spiro atoms. The molecule has 1 aliphatic rings. The standard InChI is InChI=1S/C15H21N3O3/c1-3-8-16-12-6-7-14(18(20)21)13(9-12)15(19)17-10(2)11-4-5-11/h6-7,9-11,16H,3-5,8H2,1-2H3,(H,17,19). The molecule has 1 saturated carbocycles. The second-order valence-electron chi connectivity index (χ2n) is 5.52. The van der Waals surface area contributed by atoms with E-state index >= 15 is 0 Å². The maximum Gasteiger partial charge on any atom is 0.282 e. The van der Waals surface area contributed by atoms with E-state index in [1.54, 1.807) is 12.1 Å². The van der Waals surface area contributed by atoms with E-state index in [1.807, 2.05) is 13.8 Å². The highest BCUT2D eigenvalue weighted by molar-refractivity contribution is 5.99. The van der Waals surface area contributed by atoms with Crippen molar-refractivity contribution in [1.82, 2.24) is 5.32 Å². The van der Waals surface area contributed by atoms with Gasteiger partial charge >= 0.3 is 0 Å². The van der Waals surface area contributed by atoms with Crippen LogP contribution in [0.4, 0.5) is 11.4 Å². The van der Waals surface area contributed by atoms with Crippen LogP contribution in [0.25, 0.3) is 0 Å². The van der Waals surface area contributed by atoms with E-state index in [-0.39, 0.29) is 23.2 Å². The van der Waals surface area contributed by atoms with Crippen LogP contribution in [0.5, 0.6) is 0 Å². The van der Waals surface area contributed by atoms with Gasteiger partial charge in [0.15, 0.2) is 0 Å². The van der Waals surface area contributed by atoms with Gasteiger partial charge < -0.3 is 10.6 Å². The first kappa shape index (κ1) is 15.3. The van der Waals surface area contributed by atoms with Crippen LogP contribution in [0.2, 0.25) is 0 Å². The Hall–Kier alpha value is -2.11. The van der Waals surface area contributed by atoms with Crippen LogP contribution >= 0.6 is 0 Å². The van der Waals surface area contributed by atoms with Crippen LogP contribution in [0.1, 0.15) is 43.5 Å². The lowest BCUT2D eigenvalue weighted by Crippen LogP contribution is -2.34. The molecule has 21 heavy (non-hydrogen) atoms. The van der Waals surface area contributed by atoms with E-state index in [0.29, 0.717) is 5.92 Å². The first-order valence-electron chi connectivity index (χ1n) is 7.36. The molecule has 0 heterocycles. The van der Waals surface area contributed by atoms with Gasteiger partial charge in [0, 0.05) is 24.3 Å². The molecule has 1 aromatic rings. The van der Waals surface area contributed by atoms with Crippen LogP contribution in [0, 0.1) is 16.0 Å². The molecule has 1 atom stereocenters. The first-order valence-corrected chi connectivity index (χ1v) is 7.36. The van der Waals surface area contributed by atoms with Crippen molar-refractivity contribution in [2.24, 2.45) is 5.92 Å². The smallest absolute Gasteiger partial charge is 0.282 e. The molecule has 1 aromatic carbocycles. The molecule has 2 N–H and O–H groups in total. The quantitative estimate of drug-likeness (QED) is 0.597. The molecule has 0 saturated heterocycles. The minimum atomic E-state index is -0.514. The van der Waals surface area contributed by atoms with Crippen LogP contribution in [-0.2, 0) is 0 Å². The number of nitrogens with zero attached hydrogens (tertiary/aromatic N) is 1. The Labute approximate surface area is 124 Å². The Bertz CT molecular complexity index is 541. The Kier molecular flexibility index (Phi) is 4.77. The Morgan fingerprint density at radius 2 is 2.19 bits per heavy atom. The Morgan fingerprint density at radius 3 is 2.76 bits per heavy atom. The van der Waals surface area contributed by atoms with Gasteiger partial charge in [-0.25, -0.2) is 0 Å². The van der Waals surface area contributed by atoms with Gasteiger partial charge in [-0.15, -0.1) is 0 Å². The summed E-state index contributed by atoms with van der Waals surface area (Å²) in [5.41, 5.74) is 0.692. The molecule has 0 bridgehead atoms. The lowest BCUT2D eigenvalue weighted by atomic mass is 10.1. The highest BCUT2D eigenvalue weighted by atomic mass is 16.6. The SMILES string of the molecule is CCCNc1ccc([N+](=O)[O-])c(C(=O)NC(C)C2CC2)c1. The number of amides is 1. The van der Waals surface area contributed by atoms with Crippen molar-refractivity contribution in [2.75, 3.05) is 11.9 Å². The molecule has 6 nitrogen and oxygen atoms in total. The zero-order chi connectivity index (χ0) is 15.4. The van der Waals surface area contributed by atoms with Gasteiger partial charge in [-0.05, 0) is 44.2 Å². The minimum absolute atomic E-state index is 0.0596. The van der Waals surface area contributed by atoms with Gasteiger partial charge in [-0.3, -0.25) is 14.9 Å². The second kappa shape index (κ2) is 6.56. The number of carbonyl (C=O) groups excluding carboxylic acids is 1. The number of rotatable bonds is 7. The lowest BCUT2D eigenvalue weighted by Gasteiger charge is -2.13. The van der Waals surface area contributed by atoms with E-state index in [9.17, 15) is 14.9 Å². The first-order chi connectivity index (χ1) is 10.0. The number of hydrogen-bond acceptors (Lipinski definition) is 4. The van der Waals surface area contributed by atoms with Crippen molar-refractivity contribution in [3.63, 3.8) is 0 Å². The van der Waals surface area contributed by atoms with E-state index in [4.69, 9.17) is 0 Å². The number of carbonyl (C=O) groups is 1. The van der Waals surface area contributed by atoms with Gasteiger partial charge in [-0.2, -0.15) is 0 Å². The van der Waals surface area contributed by atoms with E-state index < -0.39 is 4.92 Å². The molecule has 2 rings (SSSR count). The summed E-state index contributed by atoms with van der Waals surface area (Å²) in [6, 6.07) is 4.64. The minimum Gasteiger partial charge on any atom is -0.385 e. The zero-order valence-electron chi connectivity index (χ0n) is 12.4. The van der Waals surface area contributed by atoms with Crippen molar-refractivity contribution >= 4 is 17.3 Å². The number of benzene rings is 1. The van der Waals surface area contributed by atoms with Crippen molar-refractivity contribution in [1.29, 1.82) is 0 Å². The zero-order valence-corrected chi connectivity index (χ0v) is 12.4. The van der Waals surface area contributed by atoms with E-state index in [2.05, 4.69) is 10.6 Å². The molecular formula is C15H21N3O3. The fourth-order valence-electron chi connectivity index (χ4n) is 2.26. The van der Waals surface area contributed by atoms with Crippen LogP contribution in [0.15, 0.2) is 18.2 Å². The molecule has 1 fully saturated rings. The molecule has 114 valence electrons. The Morgan fingerprint density at radius 1 is 1.48 bits per heavy atom. The van der Waals surface area contributed by atoms with Gasteiger partial charge in [-0.1, -0.05) is 6.92 Å². The third-order valence-corrected chi connectivity index (χ3v) is 3.70. The third-order valence-electron chi connectivity index (χ3n) is 3.70. The third kappa shape index (κ3) is 3.93. The maximum absolute atomic E-state index is 12.3. The summed E-state index contributed by atoms with van der Waals surface area (Å²) in [5, 5.41) is 17.1. The molecular weight excluding hydrogens is 270 g/mol. The summed E-state index contributed by atoms with van der Waals surface area (Å²) < 4.78 is 0. The van der Waals surface area contributed by atoms with E-state index in [1.165, 1.54) is 6.07 Å². The summed E-state index contributed by atoms with van der Waals surface area (Å²) in [4.78, 5) is 22.9. The molecule has 0 aliphatic heterocycles. The second-order valence-corrected chi connectivity index (χ2v) is 5.52. The van der Waals surface area contributed by atoms with Crippen molar-refractivity contribution in [2.45, 2.75) is 39.2 Å². The summed E-state index contributed by atoms with van der Waals surface area (Å²) >= 11 is 0. The number of nitro benzene ring substituents is 1. The fourth-order valence-corrected chi connectivity index (χ4v) is 2.26. The van der Waals surface area contributed by atoms with Gasteiger partial charge in [0.2, 0.25) is 0 Å². The number of nitro groups is 1. The van der Waals surface area contributed by atoms with Crippen molar-refractivity contribution < 1.29 is 9.72 Å². The molecule has 0 aromatic heterocycles. The average Bonchev–Trinajstić information content (AvgIpc) is 3.29. The summed E-state index contributed by atoms with van der Waals surface area (Å²) in [7, 11) is 0. The summed E-state index contributed by atoms with van der Waals surface area (Å²) in [5.74, 6) is 0.135. The van der Waals surface area contributed by atoms with E-state index in [0.717, 1.165) is 31.5 Å². The average molecular weight is 291 g/mol. The molecule has 0 radical (unpaired) electrons. The lowest BCUT2D eigenvalue weighted by molar-refractivity contribution is -0.385. The summed E-state index contributed by atoms with van der Waals surface area (Å²) in [6.07, 6.45) is 3.17. The fraction of sp³-hybridized carbons (Fsp3) is 0.533. The summed E-state index contributed by atoms with van der Waals surface area (Å²) in [6.45, 7) is 4.74. The Balaban J connectivity index is 2.19. The number of anilines is 1. The predicted molar refractivity (Wildman–Crippen MR) is 81.5 cm³/mol. The van der Waals surface area contributed by atoms with Gasteiger partial charge in [0.25, 0.3) is 11.6 Å². The van der Waals surface area contributed by atoms with Gasteiger partial charge in [0.05, 0.1) is 4.92 Å². The molecule has 1 aliphatic carbocycles. The highest BCUT2D eigenvalue weighted by Crippen LogP contribution is 2.32. The van der Waals surface area contributed by atoms with Crippen molar-refractivity contribution in [3.05, 3.63) is 33.9 Å². The van der Waals surface area contributed by atoms with Crippen molar-refractivity contribution in [3.8, 4) is 0 Å². The van der Waals surface area contributed by atoms with Gasteiger partial charge in [0.1, 0.15) is 5.56 Å². The van der Waals surface area contributed by atoms with Crippen LogP contribution in [-0.4, -0.2) is 23.4 Å². The van der Waals surface area contributed by atoms with Crippen LogP contribution < -0.4 is 10.6 Å². The largest absolute Gasteiger partial charge is 0.385 e.